The lowest BCUT2D eigenvalue weighted by molar-refractivity contribution is -1.92. The number of hydrogen-bond donors (Lipinski definition) is 1. The van der Waals surface area contributed by atoms with Crippen molar-refractivity contribution in [1.82, 2.24) is 9.55 Å². The summed E-state index contributed by atoms with van der Waals surface area (Å²) < 4.78 is 34.7. The molecule has 0 saturated heterocycles. The molecule has 0 aliphatic carbocycles. The molecule has 0 radical (unpaired) electrons. The summed E-state index contributed by atoms with van der Waals surface area (Å²) >= 11 is 0. The van der Waals surface area contributed by atoms with Crippen LogP contribution in [-0.2, 0) is 7.05 Å². The van der Waals surface area contributed by atoms with Crippen molar-refractivity contribution >= 4 is 0 Å². The minimum absolute atomic E-state index is 1.06. The van der Waals surface area contributed by atoms with Gasteiger partial charge in [-0.3, -0.25) is 0 Å². The Hall–Kier alpha value is -0.660. The molecule has 0 aliphatic rings. The molecule has 0 atom stereocenters. The lowest BCUT2D eigenvalue weighted by Crippen LogP contribution is -2.58. The molecule has 0 saturated carbocycles. The number of rotatable bonds is 0. The number of nitrogens with zero attached hydrogens (tertiary/aromatic N) is 2. The average Bonchev–Trinajstić information content (AvgIpc) is 2.12. The van der Waals surface area contributed by atoms with Gasteiger partial charge in [-0.05, 0) is 6.92 Å². The Morgan fingerprint density at radius 2 is 1.92 bits per heavy atom. The third-order valence-corrected chi connectivity index (χ3v) is 1.06. The molecule has 6 nitrogen and oxygen atoms in total. The smallest absolute Gasteiger partial charge is 0.105 e. The molecule has 12 heavy (non-hydrogen) atoms. The van der Waals surface area contributed by atoms with Crippen LogP contribution in [0, 0.1) is 17.2 Å². The molecular formula is C5H9ClN2O4. The number of hydrogen-bond acceptors (Lipinski definition) is 5. The van der Waals surface area contributed by atoms with Crippen LogP contribution in [-0.4, -0.2) is 14.2 Å². The first-order chi connectivity index (χ1) is 5.30. The summed E-state index contributed by atoms with van der Waals surface area (Å²) in [6.45, 7) is 1.97. The van der Waals surface area contributed by atoms with Crippen molar-refractivity contribution in [2.24, 2.45) is 7.05 Å². The highest BCUT2D eigenvalue weighted by Gasteiger charge is 1.98. The van der Waals surface area contributed by atoms with Crippen molar-refractivity contribution in [2.75, 3.05) is 0 Å². The molecule has 7 heteroatoms. The highest BCUT2D eigenvalue weighted by Crippen LogP contribution is 1.86. The van der Waals surface area contributed by atoms with Gasteiger partial charge in [-0.1, -0.05) is 0 Å². The van der Waals surface area contributed by atoms with Crippen LogP contribution in [0.2, 0.25) is 0 Å². The molecule has 0 spiro atoms. The zero-order valence-corrected chi connectivity index (χ0v) is 7.35. The van der Waals surface area contributed by atoms with Crippen LogP contribution in [0.15, 0.2) is 12.4 Å². The molecule has 0 aromatic carbocycles. The Labute approximate surface area is 71.4 Å². The van der Waals surface area contributed by atoms with Gasteiger partial charge in [0.05, 0.1) is 14.9 Å². The number of aromatic nitrogens is 2. The Morgan fingerprint density at radius 3 is 2.00 bits per heavy atom. The van der Waals surface area contributed by atoms with Gasteiger partial charge in [0, 0.05) is 19.4 Å². The molecule has 0 amide bonds. The molecule has 1 rings (SSSR count). The predicted octanol–water partition coefficient (Wildman–Crippen LogP) is -3.40. The van der Waals surface area contributed by atoms with Crippen LogP contribution in [0.1, 0.15) is 5.82 Å². The van der Waals surface area contributed by atoms with Gasteiger partial charge in [0.25, 0.3) is 0 Å². The normalized spacial score (nSPS) is 10.5. The van der Waals surface area contributed by atoms with Crippen molar-refractivity contribution in [3.05, 3.63) is 18.2 Å². The van der Waals surface area contributed by atoms with Crippen LogP contribution in [0.4, 0.5) is 0 Å². The van der Waals surface area contributed by atoms with E-state index in [0.717, 1.165) is 5.82 Å². The number of aryl methyl sites for hydroxylation is 2. The molecule has 0 fully saturated rings. The summed E-state index contributed by atoms with van der Waals surface area (Å²) in [7, 11) is -2.72. The van der Waals surface area contributed by atoms with E-state index in [1.54, 1.807) is 6.20 Å². The third-order valence-electron chi connectivity index (χ3n) is 1.06. The van der Waals surface area contributed by atoms with Gasteiger partial charge in [-0.2, -0.15) is 14.0 Å². The summed E-state index contributed by atoms with van der Waals surface area (Å²) in [5.41, 5.74) is 0. The maximum absolute atomic E-state index is 8.60. The summed E-state index contributed by atoms with van der Waals surface area (Å²) in [6.07, 6.45) is 3.71. The Morgan fingerprint density at radius 1 is 1.50 bits per heavy atom. The molecule has 0 bridgehead atoms. The Bertz CT molecular complexity index is 209. The van der Waals surface area contributed by atoms with Gasteiger partial charge in [-0.15, -0.1) is 0 Å². The van der Waals surface area contributed by atoms with Gasteiger partial charge in [0.2, 0.25) is 0 Å². The topological polar surface area (TPSA) is 107 Å². The fourth-order valence-corrected chi connectivity index (χ4v) is 0.440. The van der Waals surface area contributed by atoms with Gasteiger partial charge in [0.1, 0.15) is 5.82 Å². The van der Waals surface area contributed by atoms with E-state index in [-0.39, 0.29) is 0 Å². The van der Waals surface area contributed by atoms with Crippen molar-refractivity contribution < 1.29 is 28.9 Å². The van der Waals surface area contributed by atoms with Gasteiger partial charge in [0.15, 0.2) is 0 Å². The summed E-state index contributed by atoms with van der Waals surface area (Å²) in [4.78, 5) is 3.98. The van der Waals surface area contributed by atoms with Crippen LogP contribution >= 0.6 is 0 Å². The van der Waals surface area contributed by atoms with E-state index in [1.807, 2.05) is 24.7 Å². The number of imidazole rings is 1. The van der Waals surface area contributed by atoms with Gasteiger partial charge in [-0.25, -0.2) is 4.98 Å². The van der Waals surface area contributed by atoms with Crippen molar-refractivity contribution in [3.63, 3.8) is 0 Å². The van der Waals surface area contributed by atoms with Crippen molar-refractivity contribution in [1.29, 1.82) is 0 Å². The molecule has 1 heterocycles. The third kappa shape index (κ3) is 7.45. The first-order valence-electron chi connectivity index (χ1n) is 2.88. The number of halogens is 1. The second kappa shape index (κ2) is 4.39. The maximum Gasteiger partial charge on any atom is 0.105 e. The first kappa shape index (κ1) is 11.3. The molecule has 1 N–H and O–H groups in total. The van der Waals surface area contributed by atoms with E-state index < -0.39 is 10.2 Å². The molecule has 0 unspecified atom stereocenters. The van der Waals surface area contributed by atoms with Crippen molar-refractivity contribution in [2.45, 2.75) is 6.92 Å². The van der Waals surface area contributed by atoms with Crippen LogP contribution in [0.25, 0.3) is 0 Å². The van der Waals surface area contributed by atoms with Gasteiger partial charge >= 0.3 is 0 Å². The monoisotopic (exact) mass is 196 g/mol. The summed E-state index contributed by atoms with van der Waals surface area (Å²) in [5, 5.41) is 0. The lowest BCUT2D eigenvalue weighted by Gasteiger charge is -2.03. The zero-order valence-electron chi connectivity index (χ0n) is 6.60. The highest BCUT2D eigenvalue weighted by molar-refractivity contribution is 4.85. The van der Waals surface area contributed by atoms with Crippen LogP contribution in [0.3, 0.4) is 0 Å². The fraction of sp³-hybridized carbons (Fsp3) is 0.400. The zero-order chi connectivity index (χ0) is 9.78. The van der Waals surface area contributed by atoms with E-state index in [0.29, 0.717) is 0 Å². The van der Waals surface area contributed by atoms with Crippen molar-refractivity contribution in [3.8, 4) is 0 Å². The first-order valence-corrected chi connectivity index (χ1v) is 4.14. The standard InChI is InChI=1S/C5H8N2.ClHO4/c1-5-6-3-4-7(5)2;2-1(3,4)5/h3-4H,1-2H3;(H,2,3,4,5). The molecule has 1 aromatic heterocycles. The fourth-order valence-electron chi connectivity index (χ4n) is 0.440. The lowest BCUT2D eigenvalue weighted by atomic mass is 10.7. The molecule has 0 aliphatic heterocycles. The van der Waals surface area contributed by atoms with E-state index in [4.69, 9.17) is 18.6 Å². The predicted molar refractivity (Wildman–Crippen MR) is 30.2 cm³/mol. The molecule has 70 valence electrons. The summed E-state index contributed by atoms with van der Waals surface area (Å²) in [6, 6.07) is 0. The van der Waals surface area contributed by atoms with Crippen LogP contribution in [0.5, 0.6) is 0 Å². The largest absolute Gasteiger partial charge is 0.338 e. The Balaban J connectivity index is 0.000000217. The van der Waals surface area contributed by atoms with E-state index >= 15 is 0 Å². The second-order valence-corrected chi connectivity index (χ2v) is 2.77. The minimum atomic E-state index is -4.69. The van der Waals surface area contributed by atoms with Crippen LogP contribution < -0.4 is 14.0 Å². The second-order valence-electron chi connectivity index (χ2n) is 1.98. The molecular weight excluding hydrogens is 188 g/mol. The SMILES string of the molecule is Cc1nccn1C.[O-][Cl+3]([O-])([O-])O. The minimum Gasteiger partial charge on any atom is -0.338 e. The van der Waals surface area contributed by atoms with E-state index in [1.165, 1.54) is 0 Å². The molecule has 1 aromatic rings. The van der Waals surface area contributed by atoms with Gasteiger partial charge < -0.3 is 4.57 Å². The van der Waals surface area contributed by atoms with E-state index in [9.17, 15) is 0 Å². The quantitative estimate of drug-likeness (QED) is 0.466. The Kier molecular flexibility index (Phi) is 4.15. The maximum atomic E-state index is 8.60. The van der Waals surface area contributed by atoms with E-state index in [2.05, 4.69) is 4.98 Å². The average molecular weight is 197 g/mol. The summed E-state index contributed by atoms with van der Waals surface area (Å²) in [5.74, 6) is 1.06. The highest BCUT2D eigenvalue weighted by atomic mass is 35.7.